The minimum Gasteiger partial charge on any atom is -0.369 e. The summed E-state index contributed by atoms with van der Waals surface area (Å²) in [5, 5.41) is 3.07. The van der Waals surface area contributed by atoms with E-state index in [1.54, 1.807) is 25.3 Å². The fourth-order valence-corrected chi connectivity index (χ4v) is 3.50. The smallest absolute Gasteiger partial charge is 0.250 e. The van der Waals surface area contributed by atoms with Crippen molar-refractivity contribution >= 4 is 40.0 Å². The number of carbonyl (C=O) groups excluding carboxylic acids is 2. The zero-order chi connectivity index (χ0) is 16.1. The SMILES string of the molecule is Cc1nc(NC(=O)Cn2ccccc2=O)sc1SCC(N)=O. The number of anilines is 1. The Morgan fingerprint density at radius 1 is 1.45 bits per heavy atom. The molecule has 116 valence electrons. The maximum absolute atomic E-state index is 11.9. The van der Waals surface area contributed by atoms with Gasteiger partial charge in [0, 0.05) is 12.3 Å². The van der Waals surface area contributed by atoms with Gasteiger partial charge in [0.1, 0.15) is 6.54 Å². The second-order valence-corrected chi connectivity index (χ2v) is 6.60. The molecule has 0 aromatic carbocycles. The number of aryl methyl sites for hydroxylation is 1. The lowest BCUT2D eigenvalue weighted by Crippen LogP contribution is -2.26. The Bertz CT molecular complexity index is 754. The molecule has 2 rings (SSSR count). The Balaban J connectivity index is 2.00. The highest BCUT2D eigenvalue weighted by Gasteiger charge is 2.12. The summed E-state index contributed by atoms with van der Waals surface area (Å²) in [6.45, 7) is 1.71. The summed E-state index contributed by atoms with van der Waals surface area (Å²) in [4.78, 5) is 38.5. The summed E-state index contributed by atoms with van der Waals surface area (Å²) in [5.74, 6) is -0.587. The highest BCUT2D eigenvalue weighted by molar-refractivity contribution is 8.01. The molecular weight excluding hydrogens is 324 g/mol. The lowest BCUT2D eigenvalue weighted by Gasteiger charge is -2.04. The number of nitrogens with zero attached hydrogens (tertiary/aromatic N) is 2. The zero-order valence-corrected chi connectivity index (χ0v) is 13.4. The van der Waals surface area contributed by atoms with Crippen LogP contribution in [0.3, 0.4) is 0 Å². The van der Waals surface area contributed by atoms with Crippen LogP contribution in [0, 0.1) is 6.92 Å². The van der Waals surface area contributed by atoms with Gasteiger partial charge in [-0.25, -0.2) is 4.98 Å². The van der Waals surface area contributed by atoms with Gasteiger partial charge in [-0.3, -0.25) is 14.4 Å². The van der Waals surface area contributed by atoms with E-state index in [0.29, 0.717) is 5.13 Å². The van der Waals surface area contributed by atoms with Crippen molar-refractivity contribution in [1.29, 1.82) is 0 Å². The number of amides is 2. The first-order chi connectivity index (χ1) is 10.5. The van der Waals surface area contributed by atoms with Gasteiger partial charge < -0.3 is 15.6 Å². The van der Waals surface area contributed by atoms with E-state index < -0.39 is 5.91 Å². The maximum Gasteiger partial charge on any atom is 0.250 e. The van der Waals surface area contributed by atoms with Gasteiger partial charge in [-0.15, -0.1) is 11.8 Å². The van der Waals surface area contributed by atoms with E-state index in [1.165, 1.54) is 33.7 Å². The Morgan fingerprint density at radius 3 is 2.91 bits per heavy atom. The van der Waals surface area contributed by atoms with Crippen molar-refractivity contribution in [1.82, 2.24) is 9.55 Å². The van der Waals surface area contributed by atoms with Gasteiger partial charge in [0.05, 0.1) is 15.7 Å². The summed E-state index contributed by atoms with van der Waals surface area (Å²) in [5.41, 5.74) is 5.58. The number of thioether (sulfide) groups is 1. The molecule has 9 heteroatoms. The summed E-state index contributed by atoms with van der Waals surface area (Å²) in [6.07, 6.45) is 1.54. The number of primary amides is 1. The summed E-state index contributed by atoms with van der Waals surface area (Å²) in [6, 6.07) is 4.68. The lowest BCUT2D eigenvalue weighted by molar-refractivity contribution is -0.117. The first kappa shape index (κ1) is 16.2. The third-order valence-electron chi connectivity index (χ3n) is 2.56. The van der Waals surface area contributed by atoms with Crippen LogP contribution >= 0.6 is 23.1 Å². The van der Waals surface area contributed by atoms with Crippen molar-refractivity contribution in [3.63, 3.8) is 0 Å². The first-order valence-corrected chi connectivity index (χ1v) is 8.10. The molecule has 0 atom stereocenters. The average molecular weight is 338 g/mol. The summed E-state index contributed by atoms with van der Waals surface area (Å²) >= 11 is 2.55. The second-order valence-electron chi connectivity index (χ2n) is 4.36. The Hall–Kier alpha value is -2.13. The molecule has 0 unspecified atom stereocenters. The molecule has 0 aliphatic rings. The molecule has 0 bridgehead atoms. The average Bonchev–Trinajstić information content (AvgIpc) is 2.79. The predicted molar refractivity (Wildman–Crippen MR) is 86.1 cm³/mol. The normalized spacial score (nSPS) is 10.4. The van der Waals surface area contributed by atoms with E-state index in [-0.39, 0.29) is 23.8 Å². The minimum absolute atomic E-state index is 0.0813. The molecule has 0 fully saturated rings. The van der Waals surface area contributed by atoms with Crippen molar-refractivity contribution in [2.45, 2.75) is 17.7 Å². The molecule has 0 aliphatic heterocycles. The molecule has 0 spiro atoms. The number of nitrogens with two attached hydrogens (primary N) is 1. The zero-order valence-electron chi connectivity index (χ0n) is 11.7. The molecule has 3 N–H and O–H groups in total. The Kier molecular flexibility index (Phi) is 5.34. The van der Waals surface area contributed by atoms with Crippen LogP contribution in [0.15, 0.2) is 33.4 Å². The standard InChI is InChI=1S/C13H14N4O3S2/c1-8-12(21-7-9(14)18)22-13(15-8)16-10(19)6-17-5-3-2-4-11(17)20/h2-5H,6-7H2,1H3,(H2,14,18)(H,15,16,19). The van der Waals surface area contributed by atoms with Crippen molar-refractivity contribution in [2.75, 3.05) is 11.1 Å². The van der Waals surface area contributed by atoms with Gasteiger partial charge >= 0.3 is 0 Å². The third kappa shape index (κ3) is 4.43. The van der Waals surface area contributed by atoms with E-state index in [9.17, 15) is 14.4 Å². The van der Waals surface area contributed by atoms with Crippen LogP contribution in [0.4, 0.5) is 5.13 Å². The first-order valence-electron chi connectivity index (χ1n) is 6.29. The van der Waals surface area contributed by atoms with E-state index in [2.05, 4.69) is 10.3 Å². The summed E-state index contributed by atoms with van der Waals surface area (Å²) in [7, 11) is 0. The molecule has 0 aliphatic carbocycles. The molecule has 22 heavy (non-hydrogen) atoms. The number of rotatable bonds is 6. The van der Waals surface area contributed by atoms with Crippen LogP contribution in [0.1, 0.15) is 5.69 Å². The van der Waals surface area contributed by atoms with Crippen molar-refractivity contribution in [3.05, 3.63) is 40.4 Å². The van der Waals surface area contributed by atoms with Crippen molar-refractivity contribution < 1.29 is 9.59 Å². The van der Waals surface area contributed by atoms with Crippen LogP contribution in [0.5, 0.6) is 0 Å². The van der Waals surface area contributed by atoms with Crippen molar-refractivity contribution in [2.24, 2.45) is 5.73 Å². The van der Waals surface area contributed by atoms with Crippen LogP contribution in [-0.2, 0) is 16.1 Å². The molecule has 2 amide bonds. The molecule has 2 aromatic rings. The number of pyridine rings is 1. The molecular formula is C13H14N4O3S2. The molecule has 0 saturated heterocycles. The lowest BCUT2D eigenvalue weighted by atomic mass is 10.4. The van der Waals surface area contributed by atoms with Crippen LogP contribution in [0.25, 0.3) is 0 Å². The quantitative estimate of drug-likeness (QED) is 0.759. The topological polar surface area (TPSA) is 107 Å². The van der Waals surface area contributed by atoms with Gasteiger partial charge in [-0.2, -0.15) is 0 Å². The van der Waals surface area contributed by atoms with Gasteiger partial charge in [0.25, 0.3) is 5.56 Å². The van der Waals surface area contributed by atoms with Crippen LogP contribution < -0.4 is 16.6 Å². The number of hydrogen-bond donors (Lipinski definition) is 2. The molecule has 0 saturated carbocycles. The monoisotopic (exact) mass is 338 g/mol. The fraction of sp³-hybridized carbons (Fsp3) is 0.231. The van der Waals surface area contributed by atoms with E-state index in [0.717, 1.165) is 9.90 Å². The largest absolute Gasteiger partial charge is 0.369 e. The highest BCUT2D eigenvalue weighted by atomic mass is 32.2. The number of nitrogens with one attached hydrogen (secondary N) is 1. The fourth-order valence-electron chi connectivity index (χ4n) is 1.61. The number of hydrogen-bond acceptors (Lipinski definition) is 6. The minimum atomic E-state index is -0.410. The van der Waals surface area contributed by atoms with Crippen LogP contribution in [0.2, 0.25) is 0 Å². The number of aromatic nitrogens is 2. The van der Waals surface area contributed by atoms with Gasteiger partial charge in [0.2, 0.25) is 11.8 Å². The number of thiazole rings is 1. The molecule has 2 heterocycles. The number of carbonyl (C=O) groups is 2. The van der Waals surface area contributed by atoms with Gasteiger partial charge in [0.15, 0.2) is 5.13 Å². The van der Waals surface area contributed by atoms with Gasteiger partial charge in [-0.1, -0.05) is 17.4 Å². The van der Waals surface area contributed by atoms with Crippen LogP contribution in [-0.4, -0.2) is 27.1 Å². The van der Waals surface area contributed by atoms with Gasteiger partial charge in [-0.05, 0) is 13.0 Å². The maximum atomic E-state index is 11.9. The Labute approximate surface area is 134 Å². The second kappa shape index (κ2) is 7.23. The highest BCUT2D eigenvalue weighted by Crippen LogP contribution is 2.31. The van der Waals surface area contributed by atoms with E-state index >= 15 is 0 Å². The Morgan fingerprint density at radius 2 is 2.23 bits per heavy atom. The molecule has 2 aromatic heterocycles. The molecule has 0 radical (unpaired) electrons. The third-order valence-corrected chi connectivity index (χ3v) is 5.02. The van der Waals surface area contributed by atoms with E-state index in [1.807, 2.05) is 0 Å². The molecule has 7 nitrogen and oxygen atoms in total. The van der Waals surface area contributed by atoms with Crippen molar-refractivity contribution in [3.8, 4) is 0 Å². The van der Waals surface area contributed by atoms with E-state index in [4.69, 9.17) is 5.73 Å². The predicted octanol–water partition coefficient (Wildman–Crippen LogP) is 0.829. The summed E-state index contributed by atoms with van der Waals surface area (Å²) < 4.78 is 2.13.